The lowest BCUT2D eigenvalue weighted by Gasteiger charge is -2.28. The topological polar surface area (TPSA) is 44.8 Å². The van der Waals surface area contributed by atoms with E-state index in [0.29, 0.717) is 17.9 Å². The van der Waals surface area contributed by atoms with Crippen molar-refractivity contribution in [2.45, 2.75) is 32.6 Å². The van der Waals surface area contributed by atoms with E-state index in [4.69, 9.17) is 4.98 Å². The molecular weight excluding hydrogens is 401 g/mol. The normalized spacial score (nSPS) is 14.7. The molecule has 1 aliphatic heterocycles. The zero-order valence-corrected chi connectivity index (χ0v) is 17.0. The van der Waals surface area contributed by atoms with Gasteiger partial charge in [0.05, 0.1) is 11.3 Å². The average molecular weight is 422 g/mol. The largest absolute Gasteiger partial charge is 0.416 e. The number of rotatable bonds is 3. The van der Waals surface area contributed by atoms with E-state index in [0.717, 1.165) is 48.4 Å². The van der Waals surface area contributed by atoms with Crippen LogP contribution in [0.2, 0.25) is 0 Å². The number of hydrogen-bond acceptors (Lipinski definition) is 3. The third-order valence-corrected chi connectivity index (χ3v) is 5.90. The van der Waals surface area contributed by atoms with Crippen molar-refractivity contribution in [1.29, 1.82) is 0 Å². The highest BCUT2D eigenvalue weighted by Crippen LogP contribution is 2.31. The number of alkyl halides is 3. The standard InChI is InChI=1S/C24H21F3N4/c1-15-20(19-4-2-3-5-21(19)29-15)13-31-11-10-17-12-28-23(30-22(17)14-31)16-6-8-18(9-7-16)24(25,26)27/h2-9,12,29H,10-11,13-14H2,1H3. The Kier molecular flexibility index (Phi) is 4.78. The number of aromatic amines is 1. The predicted octanol–water partition coefficient (Wildman–Crippen LogP) is 5.51. The third kappa shape index (κ3) is 3.81. The fourth-order valence-corrected chi connectivity index (χ4v) is 4.20. The van der Waals surface area contributed by atoms with Crippen LogP contribution in [0.15, 0.2) is 54.7 Å². The Morgan fingerprint density at radius 3 is 2.61 bits per heavy atom. The van der Waals surface area contributed by atoms with Crippen LogP contribution in [0.25, 0.3) is 22.3 Å². The van der Waals surface area contributed by atoms with E-state index in [9.17, 15) is 13.2 Å². The number of fused-ring (bicyclic) bond motifs is 2. The van der Waals surface area contributed by atoms with Crippen molar-refractivity contribution < 1.29 is 13.2 Å². The molecule has 2 aromatic carbocycles. The lowest BCUT2D eigenvalue weighted by Crippen LogP contribution is -2.31. The summed E-state index contributed by atoms with van der Waals surface area (Å²) in [7, 11) is 0. The van der Waals surface area contributed by atoms with Crippen LogP contribution in [-0.2, 0) is 25.7 Å². The van der Waals surface area contributed by atoms with Crippen LogP contribution in [0.4, 0.5) is 13.2 Å². The summed E-state index contributed by atoms with van der Waals surface area (Å²) < 4.78 is 38.5. The van der Waals surface area contributed by atoms with E-state index in [1.54, 1.807) is 0 Å². The van der Waals surface area contributed by atoms with Crippen molar-refractivity contribution in [3.05, 3.63) is 82.8 Å². The minimum Gasteiger partial charge on any atom is -0.358 e. The summed E-state index contributed by atoms with van der Waals surface area (Å²) in [5, 5.41) is 1.24. The molecule has 0 spiro atoms. The van der Waals surface area contributed by atoms with Crippen molar-refractivity contribution in [1.82, 2.24) is 19.9 Å². The SMILES string of the molecule is Cc1[nH]c2ccccc2c1CN1CCc2cnc(-c3ccc(C(F)(F)F)cc3)nc2C1. The van der Waals surface area contributed by atoms with E-state index in [-0.39, 0.29) is 0 Å². The molecule has 7 heteroatoms. The van der Waals surface area contributed by atoms with Gasteiger partial charge >= 0.3 is 6.18 Å². The second kappa shape index (κ2) is 7.50. The van der Waals surface area contributed by atoms with Crippen LogP contribution in [0, 0.1) is 6.92 Å². The van der Waals surface area contributed by atoms with E-state index < -0.39 is 11.7 Å². The number of H-pyrrole nitrogens is 1. The Bertz CT molecular complexity index is 1240. The van der Waals surface area contributed by atoms with Gasteiger partial charge < -0.3 is 4.98 Å². The summed E-state index contributed by atoms with van der Waals surface area (Å²) in [5.41, 5.74) is 5.54. The molecule has 158 valence electrons. The number of halogens is 3. The van der Waals surface area contributed by atoms with Crippen molar-refractivity contribution in [2.75, 3.05) is 6.54 Å². The van der Waals surface area contributed by atoms with Gasteiger partial charge in [0.2, 0.25) is 0 Å². The van der Waals surface area contributed by atoms with Crippen LogP contribution in [0.3, 0.4) is 0 Å². The van der Waals surface area contributed by atoms with Crippen LogP contribution >= 0.6 is 0 Å². The minimum atomic E-state index is -4.35. The second-order valence-corrected chi connectivity index (χ2v) is 7.98. The molecule has 31 heavy (non-hydrogen) atoms. The average Bonchev–Trinajstić information content (AvgIpc) is 3.08. The van der Waals surface area contributed by atoms with Crippen LogP contribution < -0.4 is 0 Å². The maximum Gasteiger partial charge on any atom is 0.416 e. The number of para-hydroxylation sites is 1. The van der Waals surface area contributed by atoms with E-state index >= 15 is 0 Å². The molecular formula is C24H21F3N4. The monoisotopic (exact) mass is 422 g/mol. The van der Waals surface area contributed by atoms with Gasteiger partial charge in [0.15, 0.2) is 5.82 Å². The summed E-state index contributed by atoms with van der Waals surface area (Å²) >= 11 is 0. The fourth-order valence-electron chi connectivity index (χ4n) is 4.20. The van der Waals surface area contributed by atoms with E-state index in [1.165, 1.54) is 28.8 Å². The van der Waals surface area contributed by atoms with Crippen LogP contribution in [0.1, 0.15) is 28.1 Å². The van der Waals surface area contributed by atoms with Gasteiger partial charge in [0.25, 0.3) is 0 Å². The van der Waals surface area contributed by atoms with Gasteiger partial charge in [-0.15, -0.1) is 0 Å². The van der Waals surface area contributed by atoms with Gasteiger partial charge in [-0.25, -0.2) is 9.97 Å². The van der Waals surface area contributed by atoms with E-state index in [2.05, 4.69) is 33.9 Å². The molecule has 3 heterocycles. The summed E-state index contributed by atoms with van der Waals surface area (Å²) in [5.74, 6) is 0.456. The van der Waals surface area contributed by atoms with Crippen molar-refractivity contribution in [2.24, 2.45) is 0 Å². The number of hydrogen-bond donors (Lipinski definition) is 1. The first-order valence-electron chi connectivity index (χ1n) is 10.2. The molecule has 5 rings (SSSR count). The number of nitrogens with one attached hydrogen (secondary N) is 1. The molecule has 0 saturated heterocycles. The first-order valence-corrected chi connectivity index (χ1v) is 10.2. The predicted molar refractivity (Wildman–Crippen MR) is 113 cm³/mol. The summed E-state index contributed by atoms with van der Waals surface area (Å²) in [6.45, 7) is 4.51. The highest BCUT2D eigenvalue weighted by atomic mass is 19.4. The van der Waals surface area contributed by atoms with Gasteiger partial charge in [-0.05, 0) is 42.7 Å². The Balaban J connectivity index is 1.39. The Labute approximate surface area is 177 Å². The minimum absolute atomic E-state index is 0.456. The molecule has 0 amide bonds. The smallest absolute Gasteiger partial charge is 0.358 e. The fraction of sp³-hybridized carbons (Fsp3) is 0.250. The molecule has 4 aromatic rings. The molecule has 4 nitrogen and oxygen atoms in total. The van der Waals surface area contributed by atoms with Crippen LogP contribution in [0.5, 0.6) is 0 Å². The lowest BCUT2D eigenvalue weighted by molar-refractivity contribution is -0.137. The Morgan fingerprint density at radius 2 is 1.84 bits per heavy atom. The first kappa shape index (κ1) is 19.8. The van der Waals surface area contributed by atoms with Crippen molar-refractivity contribution in [3.8, 4) is 11.4 Å². The van der Waals surface area contributed by atoms with Gasteiger partial charge in [-0.2, -0.15) is 13.2 Å². The van der Waals surface area contributed by atoms with Gasteiger partial charge in [-0.3, -0.25) is 4.90 Å². The summed E-state index contributed by atoms with van der Waals surface area (Å²) in [4.78, 5) is 14.9. The molecule has 0 bridgehead atoms. The maximum atomic E-state index is 12.8. The molecule has 0 atom stereocenters. The zero-order chi connectivity index (χ0) is 21.6. The van der Waals surface area contributed by atoms with Crippen molar-refractivity contribution >= 4 is 10.9 Å². The number of aromatic nitrogens is 3. The highest BCUT2D eigenvalue weighted by molar-refractivity contribution is 5.84. The van der Waals surface area contributed by atoms with Crippen molar-refractivity contribution in [3.63, 3.8) is 0 Å². The molecule has 0 saturated carbocycles. The quantitative estimate of drug-likeness (QED) is 0.474. The van der Waals surface area contributed by atoms with Gasteiger partial charge in [0, 0.05) is 48.0 Å². The highest BCUT2D eigenvalue weighted by Gasteiger charge is 2.30. The zero-order valence-electron chi connectivity index (χ0n) is 17.0. The van der Waals surface area contributed by atoms with Gasteiger partial charge in [-0.1, -0.05) is 30.3 Å². The van der Waals surface area contributed by atoms with E-state index in [1.807, 2.05) is 18.3 Å². The second-order valence-electron chi connectivity index (χ2n) is 7.98. The molecule has 2 aromatic heterocycles. The molecule has 0 aliphatic carbocycles. The number of aryl methyl sites for hydroxylation is 1. The first-order chi connectivity index (χ1) is 14.9. The third-order valence-electron chi connectivity index (χ3n) is 5.90. The van der Waals surface area contributed by atoms with Crippen LogP contribution in [-0.4, -0.2) is 26.4 Å². The summed E-state index contributed by atoms with van der Waals surface area (Å²) in [6, 6.07) is 13.3. The molecule has 0 fully saturated rings. The molecule has 1 aliphatic rings. The molecule has 0 radical (unpaired) electrons. The Morgan fingerprint density at radius 1 is 1.06 bits per heavy atom. The van der Waals surface area contributed by atoms with Gasteiger partial charge in [0.1, 0.15) is 0 Å². The molecule has 0 unspecified atom stereocenters. The summed E-state index contributed by atoms with van der Waals surface area (Å²) in [6.07, 6.45) is -1.69. The lowest BCUT2D eigenvalue weighted by atomic mass is 10.0. The maximum absolute atomic E-state index is 12.8. The number of benzene rings is 2. The molecule has 1 N–H and O–H groups in total. The number of nitrogens with zero attached hydrogens (tertiary/aromatic N) is 3. The Hall–Kier alpha value is -3.19.